The first-order valence-corrected chi connectivity index (χ1v) is 7.21. The molecule has 2 unspecified atom stereocenters. The summed E-state index contributed by atoms with van der Waals surface area (Å²) in [5, 5.41) is 11.8. The van der Waals surface area contributed by atoms with Crippen LogP contribution in [0, 0.1) is 5.92 Å². The van der Waals surface area contributed by atoms with E-state index in [0.717, 1.165) is 12.2 Å². The highest BCUT2D eigenvalue weighted by atomic mass is 32.2. The second-order valence-electron chi connectivity index (χ2n) is 4.44. The molecule has 0 aromatic carbocycles. The lowest BCUT2D eigenvalue weighted by atomic mass is 10.2. The molecule has 1 saturated heterocycles. The standard InChI is InChI=1S/C11H20N2O3S/c1-8(7-17-2)6-12-11(16)13-5-3-4-9(13)10(14)15/h8-9H,3-7H2,1-2H3,(H,12,16)(H,14,15). The molecule has 1 aliphatic rings. The van der Waals surface area contributed by atoms with Crippen LogP contribution in [0.1, 0.15) is 19.8 Å². The molecule has 17 heavy (non-hydrogen) atoms. The Labute approximate surface area is 106 Å². The van der Waals surface area contributed by atoms with Gasteiger partial charge < -0.3 is 15.3 Å². The summed E-state index contributed by atoms with van der Waals surface area (Å²) in [4.78, 5) is 24.2. The Balaban J connectivity index is 2.39. The van der Waals surface area contributed by atoms with Crippen molar-refractivity contribution < 1.29 is 14.7 Å². The van der Waals surface area contributed by atoms with Crippen LogP contribution in [0.25, 0.3) is 0 Å². The molecule has 2 atom stereocenters. The highest BCUT2D eigenvalue weighted by Gasteiger charge is 2.33. The van der Waals surface area contributed by atoms with Gasteiger partial charge in [0.05, 0.1) is 0 Å². The van der Waals surface area contributed by atoms with Gasteiger partial charge >= 0.3 is 12.0 Å². The maximum Gasteiger partial charge on any atom is 0.326 e. The number of nitrogens with zero attached hydrogens (tertiary/aromatic N) is 1. The lowest BCUT2D eigenvalue weighted by Gasteiger charge is -2.22. The fourth-order valence-corrected chi connectivity index (χ4v) is 2.66. The first kappa shape index (κ1) is 14.2. The van der Waals surface area contributed by atoms with Crippen LogP contribution in [0.5, 0.6) is 0 Å². The second-order valence-corrected chi connectivity index (χ2v) is 5.35. The molecule has 0 bridgehead atoms. The smallest absolute Gasteiger partial charge is 0.326 e. The van der Waals surface area contributed by atoms with Crippen LogP contribution in [0.15, 0.2) is 0 Å². The van der Waals surface area contributed by atoms with Crippen molar-refractivity contribution in [2.45, 2.75) is 25.8 Å². The van der Waals surface area contributed by atoms with Crippen LogP contribution in [-0.4, -0.2) is 53.1 Å². The Morgan fingerprint density at radius 1 is 1.59 bits per heavy atom. The average molecular weight is 260 g/mol. The van der Waals surface area contributed by atoms with Crippen molar-refractivity contribution in [1.82, 2.24) is 10.2 Å². The lowest BCUT2D eigenvalue weighted by molar-refractivity contribution is -0.141. The summed E-state index contributed by atoms with van der Waals surface area (Å²) in [6, 6.07) is -0.895. The van der Waals surface area contributed by atoms with Crippen LogP contribution >= 0.6 is 11.8 Å². The van der Waals surface area contributed by atoms with E-state index in [0.29, 0.717) is 25.4 Å². The largest absolute Gasteiger partial charge is 0.480 e. The number of hydrogen-bond donors (Lipinski definition) is 2. The van der Waals surface area contributed by atoms with Crippen molar-refractivity contribution in [1.29, 1.82) is 0 Å². The van der Waals surface area contributed by atoms with Crippen molar-refractivity contribution in [3.8, 4) is 0 Å². The summed E-state index contributed by atoms with van der Waals surface area (Å²) in [6.07, 6.45) is 3.35. The zero-order valence-electron chi connectivity index (χ0n) is 10.3. The van der Waals surface area contributed by atoms with E-state index < -0.39 is 12.0 Å². The number of aliphatic carboxylic acids is 1. The molecule has 1 fully saturated rings. The molecule has 1 rings (SSSR count). The number of carboxylic acids is 1. The fourth-order valence-electron chi connectivity index (χ4n) is 1.97. The zero-order valence-corrected chi connectivity index (χ0v) is 11.1. The van der Waals surface area contributed by atoms with Gasteiger partial charge in [0.15, 0.2) is 0 Å². The van der Waals surface area contributed by atoms with Gasteiger partial charge in [0, 0.05) is 13.1 Å². The van der Waals surface area contributed by atoms with E-state index in [-0.39, 0.29) is 6.03 Å². The number of hydrogen-bond acceptors (Lipinski definition) is 3. The molecular weight excluding hydrogens is 240 g/mol. The third-order valence-corrected chi connectivity index (χ3v) is 3.75. The Kier molecular flexibility index (Phi) is 5.61. The zero-order chi connectivity index (χ0) is 12.8. The predicted octanol–water partition coefficient (Wildman–Crippen LogP) is 1.24. The molecule has 0 saturated carbocycles. The molecule has 2 N–H and O–H groups in total. The Bertz CT molecular complexity index is 286. The lowest BCUT2D eigenvalue weighted by Crippen LogP contribution is -2.47. The van der Waals surface area contributed by atoms with E-state index in [2.05, 4.69) is 12.2 Å². The third kappa shape index (κ3) is 4.11. The Hall–Kier alpha value is -0.910. The summed E-state index contributed by atoms with van der Waals surface area (Å²) < 4.78 is 0. The summed E-state index contributed by atoms with van der Waals surface area (Å²) in [6.45, 7) is 3.21. The number of carbonyl (C=O) groups excluding carboxylic acids is 1. The first-order valence-electron chi connectivity index (χ1n) is 5.82. The van der Waals surface area contributed by atoms with E-state index in [9.17, 15) is 9.59 Å². The Morgan fingerprint density at radius 2 is 2.29 bits per heavy atom. The van der Waals surface area contributed by atoms with Crippen LogP contribution < -0.4 is 5.32 Å². The van der Waals surface area contributed by atoms with Gasteiger partial charge in [-0.15, -0.1) is 0 Å². The van der Waals surface area contributed by atoms with E-state index >= 15 is 0 Å². The average Bonchev–Trinajstić information content (AvgIpc) is 2.75. The van der Waals surface area contributed by atoms with Gasteiger partial charge in [0.1, 0.15) is 6.04 Å². The molecule has 2 amide bonds. The minimum absolute atomic E-state index is 0.247. The number of carbonyl (C=O) groups is 2. The van der Waals surface area contributed by atoms with Crippen molar-refractivity contribution in [3.63, 3.8) is 0 Å². The predicted molar refractivity (Wildman–Crippen MR) is 68.3 cm³/mol. The maximum atomic E-state index is 11.8. The van der Waals surface area contributed by atoms with Gasteiger partial charge in [-0.3, -0.25) is 0 Å². The van der Waals surface area contributed by atoms with Gasteiger partial charge in [-0.1, -0.05) is 6.92 Å². The number of urea groups is 1. The van der Waals surface area contributed by atoms with Crippen LogP contribution in [0.3, 0.4) is 0 Å². The highest BCUT2D eigenvalue weighted by molar-refractivity contribution is 7.98. The van der Waals surface area contributed by atoms with Crippen molar-refractivity contribution >= 4 is 23.8 Å². The highest BCUT2D eigenvalue weighted by Crippen LogP contribution is 2.17. The molecule has 0 spiro atoms. The first-order chi connectivity index (χ1) is 8.06. The Morgan fingerprint density at radius 3 is 2.88 bits per heavy atom. The van der Waals surface area contributed by atoms with Crippen molar-refractivity contribution in [2.24, 2.45) is 5.92 Å². The molecule has 0 aromatic rings. The van der Waals surface area contributed by atoms with Gasteiger partial charge in [-0.25, -0.2) is 9.59 Å². The number of likely N-dealkylation sites (tertiary alicyclic amines) is 1. The van der Waals surface area contributed by atoms with Gasteiger partial charge in [0.2, 0.25) is 0 Å². The third-order valence-electron chi connectivity index (χ3n) is 2.85. The topological polar surface area (TPSA) is 69.6 Å². The van der Waals surface area contributed by atoms with Crippen LogP contribution in [0.2, 0.25) is 0 Å². The molecule has 1 heterocycles. The van der Waals surface area contributed by atoms with Gasteiger partial charge in [-0.05, 0) is 30.8 Å². The molecule has 0 aliphatic carbocycles. The van der Waals surface area contributed by atoms with Crippen molar-refractivity contribution in [3.05, 3.63) is 0 Å². The molecule has 6 heteroatoms. The molecule has 0 aromatic heterocycles. The number of amides is 2. The second kappa shape index (κ2) is 6.74. The maximum absolute atomic E-state index is 11.8. The van der Waals surface area contributed by atoms with E-state index in [1.807, 2.05) is 6.26 Å². The minimum Gasteiger partial charge on any atom is -0.480 e. The summed E-state index contributed by atoms with van der Waals surface area (Å²) >= 11 is 1.74. The molecule has 5 nitrogen and oxygen atoms in total. The number of thioether (sulfide) groups is 1. The van der Waals surface area contributed by atoms with Crippen molar-refractivity contribution in [2.75, 3.05) is 25.1 Å². The molecule has 98 valence electrons. The van der Waals surface area contributed by atoms with Gasteiger partial charge in [-0.2, -0.15) is 11.8 Å². The van der Waals surface area contributed by atoms with E-state index in [1.165, 1.54) is 4.90 Å². The monoisotopic (exact) mass is 260 g/mol. The van der Waals surface area contributed by atoms with Crippen LogP contribution in [-0.2, 0) is 4.79 Å². The normalized spacial score (nSPS) is 21.3. The summed E-state index contributed by atoms with van der Waals surface area (Å²) in [5.74, 6) is 0.484. The quantitative estimate of drug-likeness (QED) is 0.780. The number of carboxylic acid groups (broad SMARTS) is 1. The number of rotatable bonds is 5. The fraction of sp³-hybridized carbons (Fsp3) is 0.818. The number of nitrogens with one attached hydrogen (secondary N) is 1. The summed E-state index contributed by atoms with van der Waals surface area (Å²) in [7, 11) is 0. The van der Waals surface area contributed by atoms with Crippen LogP contribution in [0.4, 0.5) is 4.79 Å². The molecular formula is C11H20N2O3S. The van der Waals surface area contributed by atoms with E-state index in [4.69, 9.17) is 5.11 Å². The van der Waals surface area contributed by atoms with E-state index in [1.54, 1.807) is 11.8 Å². The van der Waals surface area contributed by atoms with Gasteiger partial charge in [0.25, 0.3) is 0 Å². The molecule has 0 radical (unpaired) electrons. The SMILES string of the molecule is CSCC(C)CNC(=O)N1CCCC1C(=O)O. The summed E-state index contributed by atoms with van der Waals surface area (Å²) in [5.41, 5.74) is 0. The minimum atomic E-state index is -0.908. The molecule has 1 aliphatic heterocycles.